The summed E-state index contributed by atoms with van der Waals surface area (Å²) in [6, 6.07) is 0. The number of nitrogens with zero attached hydrogens (tertiary/aromatic N) is 3. The maximum atomic E-state index is 13.4. The number of hydrogen-bond donors (Lipinski definition) is 0. The minimum Gasteiger partial charge on any atom is -0.375 e. The molecule has 8 nitrogen and oxygen atoms in total. The molecular formula is C20H25N3O5S. The third kappa shape index (κ3) is 3.60. The van der Waals surface area contributed by atoms with Gasteiger partial charge in [-0.05, 0) is 19.4 Å². The topological polar surface area (TPSA) is 87.2 Å². The van der Waals surface area contributed by atoms with Gasteiger partial charge in [0.15, 0.2) is 0 Å². The lowest BCUT2D eigenvalue weighted by Crippen LogP contribution is -2.50. The average Bonchev–Trinajstić information content (AvgIpc) is 2.99. The Bertz CT molecular complexity index is 925. The first-order valence-electron chi connectivity index (χ1n) is 9.38. The minimum absolute atomic E-state index is 0.0240. The van der Waals surface area contributed by atoms with Crippen molar-refractivity contribution in [1.29, 1.82) is 0 Å². The SMILES string of the molecule is COCC(=O)N(C)C1=C(N2CCN(C(C)=O)CC2)C(=O)c2sc(C)c(C)c2C1=O. The number of piperazine rings is 1. The van der Waals surface area contributed by atoms with Gasteiger partial charge in [0.1, 0.15) is 18.0 Å². The van der Waals surface area contributed by atoms with E-state index in [1.807, 2.05) is 18.7 Å². The third-order valence-electron chi connectivity index (χ3n) is 5.49. The maximum absolute atomic E-state index is 13.4. The van der Waals surface area contributed by atoms with Crippen LogP contribution in [-0.2, 0) is 14.3 Å². The summed E-state index contributed by atoms with van der Waals surface area (Å²) in [4.78, 5) is 57.1. The molecule has 1 aromatic rings. The van der Waals surface area contributed by atoms with Crippen LogP contribution in [0.4, 0.5) is 0 Å². The summed E-state index contributed by atoms with van der Waals surface area (Å²) in [6.07, 6.45) is 0. The van der Waals surface area contributed by atoms with E-state index < -0.39 is 5.91 Å². The van der Waals surface area contributed by atoms with Gasteiger partial charge in [-0.1, -0.05) is 0 Å². The highest BCUT2D eigenvalue weighted by molar-refractivity contribution is 7.15. The number of carbonyl (C=O) groups excluding carboxylic acids is 4. The van der Waals surface area contributed by atoms with Crippen LogP contribution in [0, 0.1) is 13.8 Å². The van der Waals surface area contributed by atoms with E-state index >= 15 is 0 Å². The van der Waals surface area contributed by atoms with Crippen LogP contribution in [-0.4, -0.2) is 85.0 Å². The molecule has 2 heterocycles. The molecule has 0 N–H and O–H groups in total. The molecule has 2 amide bonds. The number of likely N-dealkylation sites (N-methyl/N-ethyl adjacent to an activating group) is 1. The van der Waals surface area contributed by atoms with Gasteiger partial charge >= 0.3 is 0 Å². The van der Waals surface area contributed by atoms with E-state index in [2.05, 4.69) is 0 Å². The molecule has 0 unspecified atom stereocenters. The highest BCUT2D eigenvalue weighted by atomic mass is 32.1. The first-order valence-corrected chi connectivity index (χ1v) is 10.2. The van der Waals surface area contributed by atoms with Crippen LogP contribution >= 0.6 is 11.3 Å². The molecule has 1 saturated heterocycles. The Morgan fingerprint density at radius 2 is 1.72 bits per heavy atom. The lowest BCUT2D eigenvalue weighted by Gasteiger charge is -2.39. The van der Waals surface area contributed by atoms with Crippen molar-refractivity contribution in [2.45, 2.75) is 20.8 Å². The monoisotopic (exact) mass is 419 g/mol. The molecule has 1 aromatic heterocycles. The van der Waals surface area contributed by atoms with Crippen LogP contribution < -0.4 is 0 Å². The van der Waals surface area contributed by atoms with Crippen molar-refractivity contribution in [3.05, 3.63) is 32.3 Å². The molecule has 156 valence electrons. The fourth-order valence-electron chi connectivity index (χ4n) is 3.70. The molecule has 0 spiro atoms. The average molecular weight is 420 g/mol. The van der Waals surface area contributed by atoms with Gasteiger partial charge in [0.05, 0.1) is 4.88 Å². The van der Waals surface area contributed by atoms with Crippen LogP contribution in [0.1, 0.15) is 37.4 Å². The van der Waals surface area contributed by atoms with E-state index in [1.54, 1.807) is 4.90 Å². The second-order valence-corrected chi connectivity index (χ2v) is 8.45. The third-order valence-corrected chi connectivity index (χ3v) is 6.70. The number of fused-ring (bicyclic) bond motifs is 1. The van der Waals surface area contributed by atoms with Gasteiger partial charge in [-0.2, -0.15) is 0 Å². The highest BCUT2D eigenvalue weighted by Gasteiger charge is 2.41. The number of thiophene rings is 1. The van der Waals surface area contributed by atoms with Gasteiger partial charge in [0.25, 0.3) is 5.91 Å². The van der Waals surface area contributed by atoms with Crippen molar-refractivity contribution >= 4 is 34.7 Å². The Morgan fingerprint density at radius 3 is 2.28 bits per heavy atom. The molecule has 2 aliphatic rings. The number of rotatable bonds is 4. The Labute approximate surface area is 173 Å². The summed E-state index contributed by atoms with van der Waals surface area (Å²) >= 11 is 1.31. The molecule has 0 bridgehead atoms. The number of ether oxygens (including phenoxy) is 1. The van der Waals surface area contributed by atoms with Gasteiger partial charge in [-0.3, -0.25) is 19.2 Å². The second-order valence-electron chi connectivity index (χ2n) is 7.22. The second kappa shape index (κ2) is 8.08. The first-order chi connectivity index (χ1) is 13.7. The summed E-state index contributed by atoms with van der Waals surface area (Å²) in [5.41, 5.74) is 1.48. The summed E-state index contributed by atoms with van der Waals surface area (Å²) in [5.74, 6) is -0.998. The quantitative estimate of drug-likeness (QED) is 0.730. The predicted molar refractivity (Wildman–Crippen MR) is 108 cm³/mol. The summed E-state index contributed by atoms with van der Waals surface area (Å²) in [7, 11) is 2.90. The number of allylic oxidation sites excluding steroid dienone is 2. The molecule has 0 atom stereocenters. The van der Waals surface area contributed by atoms with Crippen molar-refractivity contribution in [2.24, 2.45) is 0 Å². The molecule has 3 rings (SSSR count). The zero-order valence-corrected chi connectivity index (χ0v) is 18.1. The number of Topliss-reactive ketones (excluding diaryl/α,β-unsaturated/α-hetero) is 2. The number of amides is 2. The fraction of sp³-hybridized carbons (Fsp3) is 0.500. The number of carbonyl (C=O) groups is 4. The van der Waals surface area contributed by atoms with Crippen molar-refractivity contribution in [3.63, 3.8) is 0 Å². The van der Waals surface area contributed by atoms with E-state index in [-0.39, 0.29) is 35.5 Å². The van der Waals surface area contributed by atoms with Gasteiger partial charge in [-0.25, -0.2) is 0 Å². The minimum atomic E-state index is -0.406. The van der Waals surface area contributed by atoms with Gasteiger partial charge in [0.2, 0.25) is 17.5 Å². The Hall–Kier alpha value is -2.52. The fourth-order valence-corrected chi connectivity index (χ4v) is 4.79. The largest absolute Gasteiger partial charge is 0.375 e. The van der Waals surface area contributed by atoms with Crippen LogP contribution in [0.2, 0.25) is 0 Å². The van der Waals surface area contributed by atoms with E-state index in [0.717, 1.165) is 10.4 Å². The van der Waals surface area contributed by atoms with Crippen LogP contribution in [0.25, 0.3) is 0 Å². The maximum Gasteiger partial charge on any atom is 0.252 e. The number of hydrogen-bond acceptors (Lipinski definition) is 7. The first kappa shape index (κ1) is 21.2. The molecule has 1 aliphatic heterocycles. The van der Waals surface area contributed by atoms with Crippen LogP contribution in [0.5, 0.6) is 0 Å². The lowest BCUT2D eigenvalue weighted by molar-refractivity contribution is -0.132. The molecule has 1 aliphatic carbocycles. The van der Waals surface area contributed by atoms with E-state index in [1.165, 1.54) is 37.3 Å². The van der Waals surface area contributed by atoms with Gasteiger partial charge in [-0.15, -0.1) is 11.3 Å². The summed E-state index contributed by atoms with van der Waals surface area (Å²) in [6.45, 7) is 6.77. The van der Waals surface area contributed by atoms with Gasteiger partial charge in [0, 0.05) is 57.7 Å². The standard InChI is InChI=1S/C20H25N3O5S/c1-11-12(2)29-20-15(11)18(26)16(21(4)14(25)10-28-5)17(19(20)27)23-8-6-22(7-9-23)13(3)24/h6-10H2,1-5H3. The van der Waals surface area contributed by atoms with Crippen molar-refractivity contribution in [1.82, 2.24) is 14.7 Å². The Balaban J connectivity index is 2.09. The number of methoxy groups -OCH3 is 1. The van der Waals surface area contributed by atoms with Crippen LogP contribution in [0.15, 0.2) is 11.4 Å². The molecule has 0 saturated carbocycles. The van der Waals surface area contributed by atoms with Crippen molar-refractivity contribution < 1.29 is 23.9 Å². The Morgan fingerprint density at radius 1 is 1.10 bits per heavy atom. The normalized spacial score (nSPS) is 17.0. The predicted octanol–water partition coefficient (Wildman–Crippen LogP) is 1.22. The molecular weight excluding hydrogens is 394 g/mol. The number of ketones is 2. The molecule has 0 radical (unpaired) electrons. The Kier molecular flexibility index (Phi) is 5.90. The van der Waals surface area contributed by atoms with Crippen molar-refractivity contribution in [2.75, 3.05) is 46.9 Å². The summed E-state index contributed by atoms with van der Waals surface area (Å²) < 4.78 is 4.93. The zero-order chi connectivity index (χ0) is 21.5. The van der Waals surface area contributed by atoms with E-state index in [0.29, 0.717) is 36.6 Å². The summed E-state index contributed by atoms with van der Waals surface area (Å²) in [5, 5.41) is 0. The van der Waals surface area contributed by atoms with E-state index in [4.69, 9.17) is 4.74 Å². The number of aryl methyl sites for hydroxylation is 1. The lowest BCUT2D eigenvalue weighted by atomic mass is 9.92. The smallest absolute Gasteiger partial charge is 0.252 e. The highest BCUT2D eigenvalue weighted by Crippen LogP contribution is 2.38. The van der Waals surface area contributed by atoms with Crippen molar-refractivity contribution in [3.8, 4) is 0 Å². The van der Waals surface area contributed by atoms with E-state index in [9.17, 15) is 19.2 Å². The molecule has 0 aromatic carbocycles. The van der Waals surface area contributed by atoms with Gasteiger partial charge < -0.3 is 19.4 Å². The van der Waals surface area contributed by atoms with Crippen LogP contribution in [0.3, 0.4) is 0 Å². The molecule has 1 fully saturated rings. The molecule has 9 heteroatoms. The zero-order valence-electron chi connectivity index (χ0n) is 17.3. The molecule has 29 heavy (non-hydrogen) atoms.